The second-order valence-electron chi connectivity index (χ2n) is 7.78. The fourth-order valence-corrected chi connectivity index (χ4v) is 8.36. The molecule has 0 saturated heterocycles. The average molecular weight is 423 g/mol. The van der Waals surface area contributed by atoms with Crippen molar-refractivity contribution < 1.29 is 23.2 Å². The van der Waals surface area contributed by atoms with E-state index in [0.29, 0.717) is 0 Å². The predicted octanol–water partition coefficient (Wildman–Crippen LogP) is 3.98. The van der Waals surface area contributed by atoms with Crippen LogP contribution in [0.1, 0.15) is 27.2 Å². The van der Waals surface area contributed by atoms with Gasteiger partial charge >= 0.3 is 7.60 Å². The predicted molar refractivity (Wildman–Crippen MR) is 114 cm³/mol. The maximum absolute atomic E-state index is 14.4. The molecule has 0 radical (unpaired) electrons. The quantitative estimate of drug-likeness (QED) is 0.499. The van der Waals surface area contributed by atoms with Crippen molar-refractivity contribution in [3.63, 3.8) is 0 Å². The van der Waals surface area contributed by atoms with E-state index in [-0.39, 0.29) is 24.2 Å². The lowest BCUT2D eigenvalue weighted by Crippen LogP contribution is -2.66. The first-order valence-corrected chi connectivity index (χ1v) is 12.9. The van der Waals surface area contributed by atoms with Crippen molar-refractivity contribution in [3.8, 4) is 0 Å². The highest BCUT2D eigenvalue weighted by molar-refractivity contribution is 7.51. The number of halogens is 1. The smallest absolute Gasteiger partial charge is 0.325 e. The fraction of sp³-hybridized carbons (Fsp3) is 0.333. The van der Waals surface area contributed by atoms with Crippen LogP contribution in [0.3, 0.4) is 0 Å². The summed E-state index contributed by atoms with van der Waals surface area (Å²) in [7, 11) is -6.96. The van der Waals surface area contributed by atoms with Gasteiger partial charge in [0.15, 0.2) is 0 Å². The zero-order valence-corrected chi connectivity index (χ0v) is 18.4. The van der Waals surface area contributed by atoms with Gasteiger partial charge in [0.25, 0.3) is 8.32 Å². The van der Waals surface area contributed by atoms with Crippen LogP contribution in [0.15, 0.2) is 72.6 Å². The fourth-order valence-electron chi connectivity index (χ4n) is 3.39. The van der Waals surface area contributed by atoms with Gasteiger partial charge in [-0.25, -0.2) is 4.39 Å². The van der Waals surface area contributed by atoms with Gasteiger partial charge in [-0.3, -0.25) is 4.57 Å². The molecule has 7 heteroatoms. The van der Waals surface area contributed by atoms with Crippen molar-refractivity contribution in [2.45, 2.75) is 32.2 Å². The monoisotopic (exact) mass is 422 g/mol. The zero-order chi connectivity index (χ0) is 20.8. The van der Waals surface area contributed by atoms with E-state index in [1.165, 1.54) is 6.08 Å². The minimum Gasteiger partial charge on any atom is -0.401 e. The summed E-state index contributed by atoms with van der Waals surface area (Å²) in [6.45, 7) is 6.09. The molecule has 2 aromatic carbocycles. The largest absolute Gasteiger partial charge is 0.401 e. The molecule has 0 heterocycles. The van der Waals surface area contributed by atoms with Crippen LogP contribution in [0.5, 0.6) is 0 Å². The first kappa shape index (κ1) is 22.7. The molecule has 2 N–H and O–H groups in total. The average Bonchev–Trinajstić information content (AvgIpc) is 2.62. The lowest BCUT2D eigenvalue weighted by atomic mass is 10.2. The van der Waals surface area contributed by atoms with Gasteiger partial charge in [0.05, 0.1) is 12.8 Å². The number of hydrogen-bond donors (Lipinski definition) is 2. The van der Waals surface area contributed by atoms with Crippen LogP contribution in [-0.4, -0.2) is 30.9 Å². The first-order chi connectivity index (χ1) is 13.1. The Labute approximate surface area is 167 Å². The van der Waals surface area contributed by atoms with E-state index >= 15 is 0 Å². The summed E-state index contributed by atoms with van der Waals surface area (Å²) < 4.78 is 31.8. The van der Waals surface area contributed by atoms with Gasteiger partial charge in [0.1, 0.15) is 5.83 Å². The molecule has 0 aliphatic rings. The van der Waals surface area contributed by atoms with Crippen LogP contribution >= 0.6 is 7.60 Å². The van der Waals surface area contributed by atoms with Crippen LogP contribution in [0.25, 0.3) is 0 Å². The van der Waals surface area contributed by atoms with Crippen molar-refractivity contribution in [2.24, 2.45) is 0 Å². The SMILES string of the molecule is CC(C)(C)[Si](OC/C(F)=C/CCP(=O)(O)O)(c1ccccc1)c1ccccc1. The van der Waals surface area contributed by atoms with Crippen molar-refractivity contribution in [2.75, 3.05) is 12.8 Å². The molecule has 0 bridgehead atoms. The van der Waals surface area contributed by atoms with Crippen LogP contribution in [0.4, 0.5) is 4.39 Å². The summed E-state index contributed by atoms with van der Waals surface area (Å²) >= 11 is 0. The van der Waals surface area contributed by atoms with Crippen LogP contribution in [0, 0.1) is 0 Å². The molecule has 2 rings (SSSR count). The maximum atomic E-state index is 14.4. The van der Waals surface area contributed by atoms with E-state index in [1.54, 1.807) is 0 Å². The van der Waals surface area contributed by atoms with Gasteiger partial charge in [0, 0.05) is 0 Å². The molecule has 28 heavy (non-hydrogen) atoms. The highest BCUT2D eigenvalue weighted by atomic mass is 31.2. The van der Waals surface area contributed by atoms with Gasteiger partial charge in [0.2, 0.25) is 0 Å². The highest BCUT2D eigenvalue weighted by Crippen LogP contribution is 2.37. The Balaban J connectivity index is 2.39. The Morgan fingerprint density at radius 3 is 1.89 bits per heavy atom. The standard InChI is InChI=1S/C21H28FO4PSi/c1-21(2,3)28(19-12-6-4-7-13-19,20-14-8-5-9-15-20)26-17-18(22)11-10-16-27(23,24)25/h4-9,11-15H,10,16-17H2,1-3H3,(H2,23,24,25)/b18-11-. The van der Waals surface area contributed by atoms with E-state index in [4.69, 9.17) is 14.2 Å². The summed E-state index contributed by atoms with van der Waals surface area (Å²) in [6, 6.07) is 19.8. The van der Waals surface area contributed by atoms with Gasteiger partial charge < -0.3 is 14.2 Å². The van der Waals surface area contributed by atoms with E-state index < -0.39 is 21.7 Å². The zero-order valence-electron chi connectivity index (χ0n) is 16.5. The Morgan fingerprint density at radius 1 is 1.04 bits per heavy atom. The lowest BCUT2D eigenvalue weighted by molar-refractivity contribution is 0.299. The van der Waals surface area contributed by atoms with Crippen molar-refractivity contribution in [3.05, 3.63) is 72.6 Å². The molecule has 0 amide bonds. The molecule has 4 nitrogen and oxygen atoms in total. The molecule has 0 fully saturated rings. The van der Waals surface area contributed by atoms with Crippen LogP contribution in [-0.2, 0) is 8.99 Å². The third kappa shape index (κ3) is 5.72. The molecule has 2 aromatic rings. The minimum absolute atomic E-state index is 0.0276. The number of hydrogen-bond acceptors (Lipinski definition) is 2. The van der Waals surface area contributed by atoms with Gasteiger partial charge in [-0.05, 0) is 27.9 Å². The van der Waals surface area contributed by atoms with Crippen molar-refractivity contribution >= 4 is 26.3 Å². The van der Waals surface area contributed by atoms with Gasteiger partial charge in [-0.1, -0.05) is 81.4 Å². The topological polar surface area (TPSA) is 66.8 Å². The molecule has 0 unspecified atom stereocenters. The summed E-state index contributed by atoms with van der Waals surface area (Å²) in [5, 5.41) is 1.84. The number of rotatable bonds is 8. The van der Waals surface area contributed by atoms with Gasteiger partial charge in [-0.15, -0.1) is 0 Å². The van der Waals surface area contributed by atoms with Crippen LogP contribution in [0.2, 0.25) is 5.04 Å². The molecule has 0 aliphatic carbocycles. The second-order valence-corrected chi connectivity index (χ2v) is 13.9. The molecule has 0 saturated carbocycles. The highest BCUT2D eigenvalue weighted by Gasteiger charge is 2.50. The summed E-state index contributed by atoms with van der Waals surface area (Å²) in [5.41, 5.74) is 0. The molecule has 0 aromatic heterocycles. The normalized spacial score (nSPS) is 13.6. The molecule has 152 valence electrons. The Morgan fingerprint density at radius 2 is 1.50 bits per heavy atom. The van der Waals surface area contributed by atoms with E-state index in [2.05, 4.69) is 20.8 Å². The molecular weight excluding hydrogens is 394 g/mol. The summed E-state index contributed by atoms with van der Waals surface area (Å²) in [6.07, 6.45) is 0.802. The summed E-state index contributed by atoms with van der Waals surface area (Å²) in [4.78, 5) is 17.9. The first-order valence-electron chi connectivity index (χ1n) is 9.20. The van der Waals surface area contributed by atoms with E-state index in [0.717, 1.165) is 10.4 Å². The van der Waals surface area contributed by atoms with E-state index in [1.807, 2.05) is 60.7 Å². The van der Waals surface area contributed by atoms with Crippen LogP contribution < -0.4 is 10.4 Å². The van der Waals surface area contributed by atoms with Crippen molar-refractivity contribution in [1.82, 2.24) is 0 Å². The van der Waals surface area contributed by atoms with E-state index in [9.17, 15) is 8.96 Å². The number of benzene rings is 2. The van der Waals surface area contributed by atoms with Gasteiger partial charge in [-0.2, -0.15) is 0 Å². The Kier molecular flexibility index (Phi) is 7.54. The van der Waals surface area contributed by atoms with Crippen molar-refractivity contribution in [1.29, 1.82) is 0 Å². The second kappa shape index (κ2) is 9.29. The Bertz CT molecular complexity index is 789. The number of allylic oxidation sites excluding steroid dienone is 1. The maximum Gasteiger partial charge on any atom is 0.325 e. The molecule has 0 atom stereocenters. The molecule has 0 spiro atoms. The summed E-state index contributed by atoms with van der Waals surface area (Å²) in [5.74, 6) is -0.513. The lowest BCUT2D eigenvalue weighted by Gasteiger charge is -2.42. The third-order valence-electron chi connectivity index (χ3n) is 4.63. The molecule has 0 aliphatic heterocycles. The molecular formula is C21H28FO4PSi. The third-order valence-corrected chi connectivity index (χ3v) is 10.5. The minimum atomic E-state index is -4.14. The Hall–Kier alpha value is -1.56.